The smallest absolute Gasteiger partial charge is 0.0815 e. The zero-order valence-electron chi connectivity index (χ0n) is 13.0. The molecule has 0 N–H and O–H groups in total. The summed E-state index contributed by atoms with van der Waals surface area (Å²) in [6.07, 6.45) is 3.91. The first-order chi connectivity index (χ1) is 10.5. The van der Waals surface area contributed by atoms with Crippen LogP contribution < -0.4 is 4.90 Å². The maximum absolute atomic E-state index is 6.13. The van der Waals surface area contributed by atoms with Crippen LogP contribution in [0.25, 0.3) is 0 Å². The average molecular weight is 311 g/mol. The molecular formula is C19H19ClN2. The van der Waals surface area contributed by atoms with Crippen LogP contribution in [-0.2, 0) is 5.41 Å². The van der Waals surface area contributed by atoms with Gasteiger partial charge in [-0.25, -0.2) is 0 Å². The number of likely N-dealkylation sites (N-methyl/N-ethyl adjacent to an activating group) is 1. The Morgan fingerprint density at radius 1 is 1.05 bits per heavy atom. The second kappa shape index (κ2) is 5.62. The molecule has 0 saturated carbocycles. The number of benzene rings is 2. The molecule has 1 aliphatic rings. The van der Waals surface area contributed by atoms with Crippen molar-refractivity contribution in [3.63, 3.8) is 0 Å². The molecule has 2 nitrogen and oxygen atoms in total. The Morgan fingerprint density at radius 3 is 2.45 bits per heavy atom. The summed E-state index contributed by atoms with van der Waals surface area (Å²) in [6, 6.07) is 16.1. The Labute approximate surface area is 136 Å². The van der Waals surface area contributed by atoms with Crippen LogP contribution in [0.15, 0.2) is 65.3 Å². The Bertz CT molecular complexity index is 760. The van der Waals surface area contributed by atoms with Crippen molar-refractivity contribution in [1.29, 1.82) is 0 Å². The van der Waals surface area contributed by atoms with Crippen LogP contribution >= 0.6 is 11.6 Å². The van der Waals surface area contributed by atoms with Crippen LogP contribution in [0.4, 0.5) is 11.4 Å². The summed E-state index contributed by atoms with van der Waals surface area (Å²) in [5.74, 6) is 0. The summed E-state index contributed by atoms with van der Waals surface area (Å²) < 4.78 is 0. The first-order valence-electron chi connectivity index (χ1n) is 7.34. The lowest BCUT2D eigenvalue weighted by atomic mass is 9.84. The third-order valence-corrected chi connectivity index (χ3v) is 4.56. The molecule has 0 amide bonds. The monoisotopic (exact) mass is 310 g/mol. The van der Waals surface area contributed by atoms with Gasteiger partial charge in [-0.3, -0.25) is 4.99 Å². The van der Waals surface area contributed by atoms with Gasteiger partial charge in [0.25, 0.3) is 0 Å². The maximum Gasteiger partial charge on any atom is 0.0815 e. The molecule has 2 aromatic carbocycles. The van der Waals surface area contributed by atoms with Crippen molar-refractivity contribution in [1.82, 2.24) is 0 Å². The molecule has 0 saturated heterocycles. The highest BCUT2D eigenvalue weighted by Crippen LogP contribution is 2.46. The predicted octanol–water partition coefficient (Wildman–Crippen LogP) is 5.35. The Hall–Kier alpha value is -2.06. The van der Waals surface area contributed by atoms with Gasteiger partial charge in [-0.1, -0.05) is 55.8 Å². The fourth-order valence-electron chi connectivity index (χ4n) is 3.05. The number of nitrogens with zero attached hydrogens (tertiary/aromatic N) is 2. The van der Waals surface area contributed by atoms with Gasteiger partial charge < -0.3 is 4.90 Å². The normalized spacial score (nSPS) is 18.2. The molecule has 2 aromatic rings. The number of aliphatic imine (C=N–C) groups is 1. The molecule has 0 atom stereocenters. The van der Waals surface area contributed by atoms with Crippen LogP contribution in [0, 0.1) is 0 Å². The van der Waals surface area contributed by atoms with Crippen molar-refractivity contribution in [3.8, 4) is 0 Å². The number of hydrogen-bond acceptors (Lipinski definition) is 2. The Morgan fingerprint density at radius 2 is 1.73 bits per heavy atom. The van der Waals surface area contributed by atoms with Crippen LogP contribution in [-0.4, -0.2) is 13.3 Å². The molecule has 0 bridgehead atoms. The number of halogens is 1. The standard InChI is InChI=1S/C19H19ClN2/c1-19(2)14-8-4-7-11-17(14)22(3)18(19)12-13-21-16-10-6-5-9-15(16)20/h4-13H,1-3H3/b18-12+,21-13?. The molecule has 0 radical (unpaired) electrons. The van der Waals surface area contributed by atoms with E-state index in [0.717, 1.165) is 5.69 Å². The topological polar surface area (TPSA) is 15.6 Å². The van der Waals surface area contributed by atoms with E-state index in [1.54, 1.807) is 0 Å². The van der Waals surface area contributed by atoms with Crippen molar-refractivity contribution in [2.45, 2.75) is 19.3 Å². The summed E-state index contributed by atoms with van der Waals surface area (Å²) in [6.45, 7) is 4.48. The number of allylic oxidation sites excluding steroid dienone is 2. The van der Waals surface area contributed by atoms with E-state index in [0.29, 0.717) is 5.02 Å². The van der Waals surface area contributed by atoms with Crippen LogP contribution in [0.2, 0.25) is 5.02 Å². The second-order valence-corrected chi connectivity index (χ2v) is 6.39. The molecule has 0 aromatic heterocycles. The van der Waals surface area contributed by atoms with Crippen LogP contribution in [0.5, 0.6) is 0 Å². The molecule has 22 heavy (non-hydrogen) atoms. The number of fused-ring (bicyclic) bond motifs is 1. The van der Waals surface area contributed by atoms with Crippen molar-refractivity contribution >= 4 is 29.2 Å². The minimum atomic E-state index is -0.0299. The van der Waals surface area contributed by atoms with Crippen LogP contribution in [0.3, 0.4) is 0 Å². The van der Waals surface area contributed by atoms with Gasteiger partial charge in [0, 0.05) is 30.1 Å². The third kappa shape index (κ3) is 2.44. The molecule has 3 rings (SSSR count). The molecule has 112 valence electrons. The van der Waals surface area contributed by atoms with Gasteiger partial charge in [0.05, 0.1) is 10.7 Å². The van der Waals surface area contributed by atoms with E-state index < -0.39 is 0 Å². The SMILES string of the molecule is CN1/C(=C/C=Nc2ccccc2Cl)C(C)(C)c2ccccc21. The van der Waals surface area contributed by atoms with Gasteiger partial charge in [0.15, 0.2) is 0 Å². The molecule has 0 aliphatic carbocycles. The predicted molar refractivity (Wildman–Crippen MR) is 95.6 cm³/mol. The molecule has 3 heteroatoms. The minimum Gasteiger partial charge on any atom is -0.347 e. The Balaban J connectivity index is 1.94. The van der Waals surface area contributed by atoms with E-state index in [4.69, 9.17) is 11.6 Å². The van der Waals surface area contributed by atoms with Gasteiger partial charge in [0.2, 0.25) is 0 Å². The second-order valence-electron chi connectivity index (χ2n) is 5.98. The number of rotatable bonds is 2. The highest BCUT2D eigenvalue weighted by Gasteiger charge is 2.37. The van der Waals surface area contributed by atoms with Crippen molar-refractivity contribution in [2.75, 3.05) is 11.9 Å². The van der Waals surface area contributed by atoms with Gasteiger partial charge in [-0.2, -0.15) is 0 Å². The minimum absolute atomic E-state index is 0.0299. The maximum atomic E-state index is 6.13. The van der Waals surface area contributed by atoms with Crippen molar-refractivity contribution in [3.05, 3.63) is 70.9 Å². The van der Waals surface area contributed by atoms with E-state index in [-0.39, 0.29) is 5.41 Å². The zero-order chi connectivity index (χ0) is 15.7. The summed E-state index contributed by atoms with van der Waals surface area (Å²) in [5.41, 5.74) is 4.58. The fraction of sp³-hybridized carbons (Fsp3) is 0.211. The van der Waals surface area contributed by atoms with Gasteiger partial charge >= 0.3 is 0 Å². The Kier molecular flexibility index (Phi) is 3.79. The lowest BCUT2D eigenvalue weighted by molar-refractivity contribution is 0.641. The molecular weight excluding hydrogens is 292 g/mol. The van der Waals surface area contributed by atoms with Gasteiger partial charge in [-0.15, -0.1) is 0 Å². The van der Waals surface area contributed by atoms with Gasteiger partial charge in [0.1, 0.15) is 0 Å². The largest absolute Gasteiger partial charge is 0.347 e. The number of hydrogen-bond donors (Lipinski definition) is 0. The zero-order valence-corrected chi connectivity index (χ0v) is 13.8. The first kappa shape index (κ1) is 14.9. The molecule has 0 unspecified atom stereocenters. The van der Waals surface area contributed by atoms with E-state index in [2.05, 4.69) is 61.1 Å². The van der Waals surface area contributed by atoms with Crippen molar-refractivity contribution < 1.29 is 0 Å². The number of anilines is 1. The number of para-hydroxylation sites is 2. The van der Waals surface area contributed by atoms with Crippen molar-refractivity contribution in [2.24, 2.45) is 4.99 Å². The van der Waals surface area contributed by atoms with Crippen LogP contribution in [0.1, 0.15) is 19.4 Å². The molecule has 1 aliphatic heterocycles. The molecule has 0 fully saturated rings. The van der Waals surface area contributed by atoms with Gasteiger partial charge in [-0.05, 0) is 29.8 Å². The molecule has 0 spiro atoms. The molecule has 1 heterocycles. The van der Waals surface area contributed by atoms with E-state index in [1.807, 2.05) is 30.5 Å². The highest BCUT2D eigenvalue weighted by molar-refractivity contribution is 6.33. The van der Waals surface area contributed by atoms with E-state index >= 15 is 0 Å². The third-order valence-electron chi connectivity index (χ3n) is 4.24. The lowest BCUT2D eigenvalue weighted by Crippen LogP contribution is -2.22. The fourth-order valence-corrected chi connectivity index (χ4v) is 3.23. The highest BCUT2D eigenvalue weighted by atomic mass is 35.5. The first-order valence-corrected chi connectivity index (χ1v) is 7.72. The van der Waals surface area contributed by atoms with E-state index in [9.17, 15) is 0 Å². The quantitative estimate of drug-likeness (QED) is 0.682. The summed E-state index contributed by atoms with van der Waals surface area (Å²) in [5, 5.41) is 0.666. The summed E-state index contributed by atoms with van der Waals surface area (Å²) in [7, 11) is 2.10. The summed E-state index contributed by atoms with van der Waals surface area (Å²) >= 11 is 6.13. The average Bonchev–Trinajstić information content (AvgIpc) is 2.70. The lowest BCUT2D eigenvalue weighted by Gasteiger charge is -2.23. The van der Waals surface area contributed by atoms with E-state index in [1.165, 1.54) is 16.9 Å². The summed E-state index contributed by atoms with van der Waals surface area (Å²) in [4.78, 5) is 6.70.